The van der Waals surface area contributed by atoms with E-state index in [2.05, 4.69) is 19.9 Å². The van der Waals surface area contributed by atoms with E-state index in [4.69, 9.17) is 5.11 Å². The van der Waals surface area contributed by atoms with Crippen LogP contribution in [0, 0.1) is 0 Å². The average Bonchev–Trinajstić information content (AvgIpc) is 2.48. The zero-order valence-electron chi connectivity index (χ0n) is 7.97. The Labute approximate surface area is 79.2 Å². The van der Waals surface area contributed by atoms with Gasteiger partial charge >= 0.3 is 0 Å². The summed E-state index contributed by atoms with van der Waals surface area (Å²) in [7, 11) is 0. The summed E-state index contributed by atoms with van der Waals surface area (Å²) in [5.41, 5.74) is 1.19. The number of hydrogen-bond donors (Lipinski definition) is 1. The molecule has 1 rings (SSSR count). The lowest BCUT2D eigenvalue weighted by Gasteiger charge is -2.19. The fraction of sp³-hybridized carbons (Fsp3) is 0.800. The molecule has 70 valence electrons. The molecule has 0 bridgehead atoms. The average molecular weight is 186 g/mol. The summed E-state index contributed by atoms with van der Waals surface area (Å²) in [5, 5.41) is 9.02. The van der Waals surface area contributed by atoms with Crippen LogP contribution in [0.15, 0.2) is 11.6 Å². The Balaban J connectivity index is 2.61. The minimum atomic E-state index is 0.229. The van der Waals surface area contributed by atoms with Crippen molar-refractivity contribution in [3.63, 3.8) is 0 Å². The summed E-state index contributed by atoms with van der Waals surface area (Å²) in [5.74, 6) is 1.27. The molecule has 1 atom stereocenters. The van der Waals surface area contributed by atoms with Gasteiger partial charge in [-0.2, -0.15) is 11.8 Å². The second kappa shape index (κ2) is 4.33. The number of aliphatic hydroxyl groups excluding tert-OH is 1. The largest absolute Gasteiger partial charge is 0.392 e. The lowest BCUT2D eigenvalue weighted by Crippen LogP contribution is -2.13. The minimum Gasteiger partial charge on any atom is -0.392 e. The van der Waals surface area contributed by atoms with Crippen molar-refractivity contribution < 1.29 is 5.11 Å². The third-order valence-corrected chi connectivity index (χ3v) is 3.89. The molecule has 0 aliphatic carbocycles. The molecule has 1 fully saturated rings. The Morgan fingerprint density at radius 1 is 1.67 bits per heavy atom. The monoisotopic (exact) mass is 186 g/mol. The van der Waals surface area contributed by atoms with Crippen molar-refractivity contribution in [2.45, 2.75) is 37.9 Å². The van der Waals surface area contributed by atoms with Crippen LogP contribution in [-0.4, -0.2) is 22.2 Å². The second-order valence-electron chi connectivity index (χ2n) is 3.58. The highest BCUT2D eigenvalue weighted by molar-refractivity contribution is 8.01. The van der Waals surface area contributed by atoms with Crippen LogP contribution >= 0.6 is 11.8 Å². The molecule has 1 heterocycles. The van der Waals surface area contributed by atoms with Crippen molar-refractivity contribution in [2.24, 2.45) is 0 Å². The zero-order valence-corrected chi connectivity index (χ0v) is 8.78. The first-order valence-electron chi connectivity index (χ1n) is 4.65. The first-order valence-corrected chi connectivity index (χ1v) is 5.64. The quantitative estimate of drug-likeness (QED) is 0.684. The predicted octanol–water partition coefficient (Wildman–Crippen LogP) is 2.60. The summed E-state index contributed by atoms with van der Waals surface area (Å²) in [4.78, 5) is 0. The fourth-order valence-corrected chi connectivity index (χ4v) is 2.90. The highest BCUT2D eigenvalue weighted by Crippen LogP contribution is 2.39. The van der Waals surface area contributed by atoms with Crippen LogP contribution in [0.3, 0.4) is 0 Å². The van der Waals surface area contributed by atoms with Gasteiger partial charge in [0.05, 0.1) is 6.61 Å². The van der Waals surface area contributed by atoms with Gasteiger partial charge < -0.3 is 5.11 Å². The van der Waals surface area contributed by atoms with Crippen LogP contribution in [0.5, 0.6) is 0 Å². The first kappa shape index (κ1) is 10.1. The van der Waals surface area contributed by atoms with E-state index in [1.54, 1.807) is 0 Å². The summed E-state index contributed by atoms with van der Waals surface area (Å²) in [6, 6.07) is 0. The third-order valence-electron chi connectivity index (χ3n) is 2.42. The standard InChI is InChI=1S/C10H18OS/c1-3-9(8-11)7-10(2)5-4-6-12-10/h7,11H,3-6,8H2,1-2H3/b9-7-. The highest BCUT2D eigenvalue weighted by atomic mass is 32.2. The number of aliphatic hydroxyl groups is 1. The van der Waals surface area contributed by atoms with Crippen molar-refractivity contribution >= 4 is 11.8 Å². The molecule has 0 saturated carbocycles. The van der Waals surface area contributed by atoms with Gasteiger partial charge in [0, 0.05) is 4.75 Å². The van der Waals surface area contributed by atoms with Gasteiger partial charge in [0.25, 0.3) is 0 Å². The molecule has 1 nitrogen and oxygen atoms in total. The van der Waals surface area contributed by atoms with Crippen molar-refractivity contribution in [1.29, 1.82) is 0 Å². The number of rotatable bonds is 3. The molecule has 0 radical (unpaired) electrons. The lowest BCUT2D eigenvalue weighted by molar-refractivity contribution is 0.326. The normalized spacial score (nSPS) is 31.1. The molecule has 1 N–H and O–H groups in total. The Morgan fingerprint density at radius 2 is 2.42 bits per heavy atom. The Morgan fingerprint density at radius 3 is 2.83 bits per heavy atom. The Kier molecular flexibility index (Phi) is 3.66. The van der Waals surface area contributed by atoms with Crippen LogP contribution in [0.1, 0.15) is 33.1 Å². The SMILES string of the molecule is CC/C(=C/C1(C)CCCS1)CO. The fourth-order valence-electron chi connectivity index (χ4n) is 1.61. The number of hydrogen-bond acceptors (Lipinski definition) is 2. The van der Waals surface area contributed by atoms with Crippen molar-refractivity contribution in [2.75, 3.05) is 12.4 Å². The smallest absolute Gasteiger partial charge is 0.0642 e. The first-order chi connectivity index (χ1) is 5.70. The summed E-state index contributed by atoms with van der Waals surface area (Å²) >= 11 is 2.02. The number of thioether (sulfide) groups is 1. The van der Waals surface area contributed by atoms with E-state index in [0.29, 0.717) is 4.75 Å². The topological polar surface area (TPSA) is 20.2 Å². The molecule has 1 unspecified atom stereocenters. The van der Waals surface area contributed by atoms with Gasteiger partial charge in [0.15, 0.2) is 0 Å². The van der Waals surface area contributed by atoms with Crippen LogP contribution in [0.25, 0.3) is 0 Å². The van der Waals surface area contributed by atoms with E-state index in [-0.39, 0.29) is 6.61 Å². The summed E-state index contributed by atoms with van der Waals surface area (Å²) in [6.07, 6.45) is 5.83. The second-order valence-corrected chi connectivity index (χ2v) is 5.21. The van der Waals surface area contributed by atoms with Crippen molar-refractivity contribution in [1.82, 2.24) is 0 Å². The van der Waals surface area contributed by atoms with Gasteiger partial charge in [-0.1, -0.05) is 13.0 Å². The van der Waals surface area contributed by atoms with E-state index >= 15 is 0 Å². The van der Waals surface area contributed by atoms with Crippen LogP contribution < -0.4 is 0 Å². The van der Waals surface area contributed by atoms with Gasteiger partial charge in [-0.25, -0.2) is 0 Å². The van der Waals surface area contributed by atoms with E-state index < -0.39 is 0 Å². The Bertz CT molecular complexity index is 163. The van der Waals surface area contributed by atoms with E-state index in [0.717, 1.165) is 6.42 Å². The molecule has 0 aromatic rings. The van der Waals surface area contributed by atoms with Crippen molar-refractivity contribution in [3.05, 3.63) is 11.6 Å². The maximum absolute atomic E-state index is 9.02. The van der Waals surface area contributed by atoms with E-state index in [1.807, 2.05) is 11.8 Å². The zero-order chi connectivity index (χ0) is 9.03. The van der Waals surface area contributed by atoms with Gasteiger partial charge in [-0.15, -0.1) is 0 Å². The van der Waals surface area contributed by atoms with E-state index in [1.165, 1.54) is 24.2 Å². The van der Waals surface area contributed by atoms with Crippen molar-refractivity contribution in [3.8, 4) is 0 Å². The van der Waals surface area contributed by atoms with E-state index in [9.17, 15) is 0 Å². The summed E-state index contributed by atoms with van der Waals surface area (Å²) < 4.78 is 0.314. The molecule has 0 aromatic heterocycles. The molecule has 1 aliphatic rings. The molecular formula is C10H18OS. The van der Waals surface area contributed by atoms with Gasteiger partial charge in [-0.05, 0) is 37.5 Å². The minimum absolute atomic E-state index is 0.229. The highest BCUT2D eigenvalue weighted by Gasteiger charge is 2.26. The molecule has 0 aromatic carbocycles. The third kappa shape index (κ3) is 2.53. The molecule has 2 heteroatoms. The molecule has 12 heavy (non-hydrogen) atoms. The lowest BCUT2D eigenvalue weighted by atomic mass is 10.0. The maximum Gasteiger partial charge on any atom is 0.0642 e. The molecule has 0 spiro atoms. The van der Waals surface area contributed by atoms with Gasteiger partial charge in [0.1, 0.15) is 0 Å². The summed E-state index contributed by atoms with van der Waals surface area (Å²) in [6.45, 7) is 4.60. The van der Waals surface area contributed by atoms with Gasteiger partial charge in [0.2, 0.25) is 0 Å². The Hall–Kier alpha value is 0.0500. The van der Waals surface area contributed by atoms with Crippen LogP contribution in [0.2, 0.25) is 0 Å². The van der Waals surface area contributed by atoms with Crippen LogP contribution in [-0.2, 0) is 0 Å². The van der Waals surface area contributed by atoms with Gasteiger partial charge in [-0.3, -0.25) is 0 Å². The van der Waals surface area contributed by atoms with Crippen LogP contribution in [0.4, 0.5) is 0 Å². The maximum atomic E-state index is 9.02. The molecule has 1 saturated heterocycles. The molecule has 0 amide bonds. The molecular weight excluding hydrogens is 168 g/mol. The molecule has 1 aliphatic heterocycles. The predicted molar refractivity (Wildman–Crippen MR) is 55.6 cm³/mol.